The van der Waals surface area contributed by atoms with Gasteiger partial charge < -0.3 is 5.32 Å². The summed E-state index contributed by atoms with van der Waals surface area (Å²) in [5.41, 5.74) is 0.200. The van der Waals surface area contributed by atoms with Crippen molar-refractivity contribution in [3.05, 3.63) is 24.0 Å². The van der Waals surface area contributed by atoms with E-state index in [1.54, 1.807) is 0 Å². The number of hydrogen-bond acceptors (Lipinski definition) is 5. The highest BCUT2D eigenvalue weighted by Gasteiger charge is 2.22. The van der Waals surface area contributed by atoms with Gasteiger partial charge in [0, 0.05) is 18.8 Å². The normalized spacial score (nSPS) is 20.1. The first-order valence-electron chi connectivity index (χ1n) is 5.21. The van der Waals surface area contributed by atoms with Crippen LogP contribution < -0.4 is 10.0 Å². The van der Waals surface area contributed by atoms with E-state index in [0.29, 0.717) is 6.54 Å². The summed E-state index contributed by atoms with van der Waals surface area (Å²) in [5, 5.41) is 11.7. The molecule has 1 aliphatic heterocycles. The van der Waals surface area contributed by atoms with Gasteiger partial charge in [-0.15, -0.1) is 0 Å². The van der Waals surface area contributed by atoms with E-state index in [4.69, 9.17) is 5.26 Å². The first kappa shape index (κ1) is 12.0. The molecule has 0 amide bonds. The zero-order chi connectivity index (χ0) is 12.3. The molecular formula is C10H12N4O2S. The molecule has 1 saturated heterocycles. The van der Waals surface area contributed by atoms with Gasteiger partial charge in [0.25, 0.3) is 0 Å². The molecule has 0 bridgehead atoms. The van der Waals surface area contributed by atoms with Crippen molar-refractivity contribution in [1.82, 2.24) is 15.0 Å². The Labute approximate surface area is 99.7 Å². The van der Waals surface area contributed by atoms with Gasteiger partial charge in [-0.1, -0.05) is 0 Å². The summed E-state index contributed by atoms with van der Waals surface area (Å²) in [6.07, 6.45) is 1.98. The van der Waals surface area contributed by atoms with E-state index in [0.717, 1.165) is 13.0 Å². The van der Waals surface area contributed by atoms with Gasteiger partial charge in [-0.2, -0.15) is 5.26 Å². The van der Waals surface area contributed by atoms with E-state index >= 15 is 0 Å². The summed E-state index contributed by atoms with van der Waals surface area (Å²) in [4.78, 5) is 3.83. The predicted molar refractivity (Wildman–Crippen MR) is 60.5 cm³/mol. The average Bonchev–Trinajstić information content (AvgIpc) is 2.81. The van der Waals surface area contributed by atoms with Crippen LogP contribution in [0.15, 0.2) is 23.2 Å². The largest absolute Gasteiger partial charge is 0.315 e. The van der Waals surface area contributed by atoms with Gasteiger partial charge in [0.2, 0.25) is 10.0 Å². The molecule has 0 aromatic carbocycles. The number of aromatic nitrogens is 1. The van der Waals surface area contributed by atoms with Crippen LogP contribution in [-0.2, 0) is 10.0 Å². The van der Waals surface area contributed by atoms with E-state index in [-0.39, 0.29) is 16.6 Å². The molecule has 2 N–H and O–H groups in total. The molecule has 1 atom stereocenters. The maximum Gasteiger partial charge on any atom is 0.242 e. The Morgan fingerprint density at radius 1 is 1.53 bits per heavy atom. The van der Waals surface area contributed by atoms with Crippen LogP contribution in [0.4, 0.5) is 0 Å². The van der Waals surface area contributed by atoms with Crippen molar-refractivity contribution >= 4 is 10.0 Å². The Morgan fingerprint density at radius 3 is 2.88 bits per heavy atom. The molecule has 17 heavy (non-hydrogen) atoms. The van der Waals surface area contributed by atoms with Crippen LogP contribution >= 0.6 is 0 Å². The van der Waals surface area contributed by atoms with E-state index in [9.17, 15) is 8.42 Å². The molecule has 6 nitrogen and oxygen atoms in total. The highest BCUT2D eigenvalue weighted by molar-refractivity contribution is 7.89. The number of nitriles is 1. The number of nitrogens with zero attached hydrogens (tertiary/aromatic N) is 2. The first-order valence-corrected chi connectivity index (χ1v) is 6.69. The quantitative estimate of drug-likeness (QED) is 0.762. The number of pyridine rings is 1. The number of sulfonamides is 1. The zero-order valence-corrected chi connectivity index (χ0v) is 9.87. The van der Waals surface area contributed by atoms with Gasteiger partial charge in [0.15, 0.2) is 0 Å². The SMILES string of the molecule is N#Cc1ccc(S(=O)(=O)NC2CCNC2)cn1. The molecule has 0 aliphatic carbocycles. The highest BCUT2D eigenvalue weighted by Crippen LogP contribution is 2.10. The summed E-state index contributed by atoms with van der Waals surface area (Å²) in [6.45, 7) is 1.46. The fourth-order valence-electron chi connectivity index (χ4n) is 1.65. The summed E-state index contributed by atoms with van der Waals surface area (Å²) in [6, 6.07) is 4.54. The van der Waals surface area contributed by atoms with Crippen molar-refractivity contribution in [2.45, 2.75) is 17.4 Å². The third-order valence-corrected chi connectivity index (χ3v) is 4.05. The van der Waals surface area contributed by atoms with Gasteiger partial charge in [-0.3, -0.25) is 0 Å². The van der Waals surface area contributed by atoms with Gasteiger partial charge in [-0.25, -0.2) is 18.1 Å². The van der Waals surface area contributed by atoms with Gasteiger partial charge in [0.1, 0.15) is 16.7 Å². The fraction of sp³-hybridized carbons (Fsp3) is 0.400. The first-order chi connectivity index (χ1) is 8.12. The molecule has 0 saturated carbocycles. The summed E-state index contributed by atoms with van der Waals surface area (Å²) >= 11 is 0. The predicted octanol–water partition coefficient (Wildman–Crippen LogP) is -0.407. The Morgan fingerprint density at radius 2 is 2.35 bits per heavy atom. The standard InChI is InChI=1S/C10H12N4O2S/c11-5-8-1-2-10(7-13-8)17(15,16)14-9-3-4-12-6-9/h1-2,7,9,12,14H,3-4,6H2. The number of rotatable bonds is 3. The van der Waals surface area contributed by atoms with Crippen LogP contribution in [0.3, 0.4) is 0 Å². The molecule has 2 rings (SSSR count). The minimum absolute atomic E-state index is 0.0735. The molecular weight excluding hydrogens is 240 g/mol. The number of nitrogens with one attached hydrogen (secondary N) is 2. The summed E-state index contributed by atoms with van der Waals surface area (Å²) in [7, 11) is -3.53. The van der Waals surface area contributed by atoms with E-state index < -0.39 is 10.0 Å². The second-order valence-corrected chi connectivity index (χ2v) is 5.52. The molecule has 7 heteroatoms. The topological polar surface area (TPSA) is 94.9 Å². The maximum atomic E-state index is 11.9. The molecule has 0 spiro atoms. The minimum atomic E-state index is -3.53. The molecule has 1 fully saturated rings. The molecule has 2 heterocycles. The zero-order valence-electron chi connectivity index (χ0n) is 9.05. The van der Waals surface area contributed by atoms with Crippen LogP contribution in [0, 0.1) is 11.3 Å². The Kier molecular flexibility index (Phi) is 3.38. The Hall–Kier alpha value is -1.49. The third-order valence-electron chi connectivity index (χ3n) is 2.54. The fourth-order valence-corrected chi connectivity index (χ4v) is 2.86. The van der Waals surface area contributed by atoms with E-state index in [2.05, 4.69) is 15.0 Å². The lowest BCUT2D eigenvalue weighted by atomic mass is 10.3. The van der Waals surface area contributed by atoms with Gasteiger partial charge >= 0.3 is 0 Å². The summed E-state index contributed by atoms with van der Waals surface area (Å²) < 4.78 is 26.4. The van der Waals surface area contributed by atoms with Crippen molar-refractivity contribution in [1.29, 1.82) is 5.26 Å². The van der Waals surface area contributed by atoms with Crippen LogP contribution in [0.1, 0.15) is 12.1 Å². The molecule has 0 radical (unpaired) electrons. The maximum absolute atomic E-state index is 11.9. The second kappa shape index (κ2) is 4.79. The van der Waals surface area contributed by atoms with Crippen molar-refractivity contribution in [2.24, 2.45) is 0 Å². The second-order valence-electron chi connectivity index (χ2n) is 3.80. The monoisotopic (exact) mass is 252 g/mol. The molecule has 1 aliphatic rings. The summed E-state index contributed by atoms with van der Waals surface area (Å²) in [5.74, 6) is 0. The lowest BCUT2D eigenvalue weighted by Gasteiger charge is -2.11. The van der Waals surface area contributed by atoms with E-state index in [1.807, 2.05) is 6.07 Å². The molecule has 1 aromatic heterocycles. The average molecular weight is 252 g/mol. The van der Waals surface area contributed by atoms with Crippen LogP contribution in [0.5, 0.6) is 0 Å². The van der Waals surface area contributed by atoms with Crippen LogP contribution in [0.2, 0.25) is 0 Å². The van der Waals surface area contributed by atoms with Crippen LogP contribution in [0.25, 0.3) is 0 Å². The Bertz CT molecular complexity index is 526. The smallest absolute Gasteiger partial charge is 0.242 e. The lowest BCUT2D eigenvalue weighted by molar-refractivity contribution is 0.560. The van der Waals surface area contributed by atoms with Gasteiger partial charge in [0.05, 0.1) is 0 Å². The highest BCUT2D eigenvalue weighted by atomic mass is 32.2. The van der Waals surface area contributed by atoms with E-state index in [1.165, 1.54) is 18.3 Å². The van der Waals surface area contributed by atoms with Crippen LogP contribution in [-0.4, -0.2) is 32.5 Å². The van der Waals surface area contributed by atoms with Gasteiger partial charge in [-0.05, 0) is 25.1 Å². The minimum Gasteiger partial charge on any atom is -0.315 e. The Balaban J connectivity index is 2.16. The molecule has 1 unspecified atom stereocenters. The van der Waals surface area contributed by atoms with Crippen molar-refractivity contribution < 1.29 is 8.42 Å². The van der Waals surface area contributed by atoms with Crippen molar-refractivity contribution in [2.75, 3.05) is 13.1 Å². The van der Waals surface area contributed by atoms with Crippen molar-refractivity contribution in [3.63, 3.8) is 0 Å². The van der Waals surface area contributed by atoms with Crippen molar-refractivity contribution in [3.8, 4) is 6.07 Å². The number of hydrogen-bond donors (Lipinski definition) is 2. The molecule has 1 aromatic rings. The third kappa shape index (κ3) is 2.79. The lowest BCUT2D eigenvalue weighted by Crippen LogP contribution is -2.36. The molecule has 90 valence electrons.